The summed E-state index contributed by atoms with van der Waals surface area (Å²) in [6.45, 7) is 2.34. The molecule has 2 heterocycles. The molecule has 0 radical (unpaired) electrons. The number of carbonyl (C=O) groups is 3. The third-order valence-corrected chi connectivity index (χ3v) is 4.90. The highest BCUT2D eigenvalue weighted by Gasteiger charge is 2.28. The van der Waals surface area contributed by atoms with E-state index in [2.05, 4.69) is 15.8 Å². The van der Waals surface area contributed by atoms with Gasteiger partial charge in [0.25, 0.3) is 11.8 Å². The van der Waals surface area contributed by atoms with Gasteiger partial charge in [0.1, 0.15) is 0 Å². The van der Waals surface area contributed by atoms with Crippen molar-refractivity contribution in [2.45, 2.75) is 25.9 Å². The SMILES string of the molecule is C[C@H](Oc1ccccc1F)C(=O)NNC(=O)C1CCN(C(=O)c2ccncc2)CC1. The molecule has 1 aliphatic heterocycles. The first-order valence-electron chi connectivity index (χ1n) is 9.66. The van der Waals surface area contributed by atoms with Crippen LogP contribution in [0.1, 0.15) is 30.1 Å². The number of halogens is 1. The van der Waals surface area contributed by atoms with Gasteiger partial charge in [-0.1, -0.05) is 12.1 Å². The zero-order valence-electron chi connectivity index (χ0n) is 16.5. The lowest BCUT2D eigenvalue weighted by Gasteiger charge is -2.31. The quantitative estimate of drug-likeness (QED) is 0.726. The summed E-state index contributed by atoms with van der Waals surface area (Å²) in [6, 6.07) is 9.06. The van der Waals surface area contributed by atoms with Gasteiger partial charge in [-0.2, -0.15) is 0 Å². The Morgan fingerprint density at radius 1 is 1.10 bits per heavy atom. The molecule has 8 nitrogen and oxygen atoms in total. The van der Waals surface area contributed by atoms with Crippen molar-refractivity contribution in [3.05, 3.63) is 60.2 Å². The number of aromatic nitrogens is 1. The Morgan fingerprint density at radius 2 is 1.77 bits per heavy atom. The van der Waals surface area contributed by atoms with Crippen LogP contribution in [0.25, 0.3) is 0 Å². The Labute approximate surface area is 173 Å². The highest BCUT2D eigenvalue weighted by Crippen LogP contribution is 2.19. The van der Waals surface area contributed by atoms with Gasteiger partial charge in [0, 0.05) is 37.0 Å². The predicted octanol–water partition coefficient (Wildman–Crippen LogP) is 1.69. The third-order valence-electron chi connectivity index (χ3n) is 4.90. The van der Waals surface area contributed by atoms with E-state index < -0.39 is 17.8 Å². The molecule has 158 valence electrons. The molecule has 2 N–H and O–H groups in total. The molecular weight excluding hydrogens is 391 g/mol. The van der Waals surface area contributed by atoms with Crippen molar-refractivity contribution in [1.82, 2.24) is 20.7 Å². The second-order valence-electron chi connectivity index (χ2n) is 6.97. The summed E-state index contributed by atoms with van der Waals surface area (Å²) in [4.78, 5) is 42.5. The van der Waals surface area contributed by atoms with Crippen molar-refractivity contribution in [3.63, 3.8) is 0 Å². The van der Waals surface area contributed by atoms with E-state index in [4.69, 9.17) is 4.74 Å². The molecule has 0 unspecified atom stereocenters. The van der Waals surface area contributed by atoms with Crippen LogP contribution in [0.15, 0.2) is 48.8 Å². The molecule has 1 aromatic carbocycles. The van der Waals surface area contributed by atoms with Crippen molar-refractivity contribution in [2.75, 3.05) is 13.1 Å². The molecule has 0 spiro atoms. The van der Waals surface area contributed by atoms with Crippen LogP contribution < -0.4 is 15.6 Å². The molecule has 2 aromatic rings. The number of nitrogens with zero attached hydrogens (tertiary/aromatic N) is 2. The summed E-state index contributed by atoms with van der Waals surface area (Å²) in [5.74, 6) is -1.97. The molecular formula is C21H23FN4O4. The van der Waals surface area contributed by atoms with E-state index in [-0.39, 0.29) is 23.5 Å². The Hall–Kier alpha value is -3.49. The molecule has 9 heteroatoms. The van der Waals surface area contributed by atoms with Crippen LogP contribution in [-0.4, -0.2) is 46.8 Å². The van der Waals surface area contributed by atoms with Crippen molar-refractivity contribution < 1.29 is 23.5 Å². The predicted molar refractivity (Wildman–Crippen MR) is 106 cm³/mol. The molecule has 1 atom stereocenters. The molecule has 1 saturated heterocycles. The van der Waals surface area contributed by atoms with Crippen LogP contribution in [0, 0.1) is 11.7 Å². The lowest BCUT2D eigenvalue weighted by Crippen LogP contribution is -2.51. The highest BCUT2D eigenvalue weighted by molar-refractivity contribution is 5.94. The number of rotatable bonds is 5. The average molecular weight is 414 g/mol. The third kappa shape index (κ3) is 5.31. The molecule has 3 rings (SSSR count). The number of hydrogen-bond donors (Lipinski definition) is 2. The van der Waals surface area contributed by atoms with Gasteiger partial charge in [0.2, 0.25) is 5.91 Å². The minimum atomic E-state index is -0.998. The fourth-order valence-corrected chi connectivity index (χ4v) is 3.13. The molecule has 30 heavy (non-hydrogen) atoms. The van der Waals surface area contributed by atoms with Gasteiger partial charge in [-0.3, -0.25) is 30.2 Å². The maximum absolute atomic E-state index is 13.6. The maximum Gasteiger partial charge on any atom is 0.279 e. The van der Waals surface area contributed by atoms with Crippen LogP contribution >= 0.6 is 0 Å². The van der Waals surface area contributed by atoms with Crippen LogP contribution in [0.2, 0.25) is 0 Å². The maximum atomic E-state index is 13.6. The fourth-order valence-electron chi connectivity index (χ4n) is 3.13. The first-order valence-corrected chi connectivity index (χ1v) is 9.66. The first kappa shape index (κ1) is 21.2. The van der Waals surface area contributed by atoms with Gasteiger partial charge >= 0.3 is 0 Å². The standard InChI is InChI=1S/C21H23FN4O4/c1-14(30-18-5-3-2-4-17(18)22)19(27)24-25-20(28)15-8-12-26(13-9-15)21(29)16-6-10-23-11-7-16/h2-7,10-11,14-15H,8-9,12-13H2,1H3,(H,24,27)(H,25,28)/t14-/m0/s1. The summed E-state index contributed by atoms with van der Waals surface area (Å²) in [5.41, 5.74) is 5.25. The lowest BCUT2D eigenvalue weighted by atomic mass is 9.96. The average Bonchev–Trinajstić information content (AvgIpc) is 2.79. The number of hydrogen-bond acceptors (Lipinski definition) is 5. The zero-order chi connectivity index (χ0) is 21.5. The van der Waals surface area contributed by atoms with E-state index in [0.717, 1.165) is 0 Å². The van der Waals surface area contributed by atoms with Gasteiger partial charge in [-0.25, -0.2) is 4.39 Å². The van der Waals surface area contributed by atoms with Crippen molar-refractivity contribution in [1.29, 1.82) is 0 Å². The molecule has 3 amide bonds. The van der Waals surface area contributed by atoms with Gasteiger partial charge < -0.3 is 9.64 Å². The molecule has 0 bridgehead atoms. The van der Waals surface area contributed by atoms with Crippen molar-refractivity contribution in [3.8, 4) is 5.75 Å². The summed E-state index contributed by atoms with van der Waals surface area (Å²) in [6.07, 6.45) is 3.10. The van der Waals surface area contributed by atoms with E-state index in [1.54, 1.807) is 35.5 Å². The van der Waals surface area contributed by atoms with Crippen molar-refractivity contribution in [2.24, 2.45) is 5.92 Å². The minimum Gasteiger partial charge on any atom is -0.478 e. The second-order valence-corrected chi connectivity index (χ2v) is 6.97. The van der Waals surface area contributed by atoms with E-state index in [1.165, 1.54) is 25.1 Å². The van der Waals surface area contributed by atoms with E-state index in [0.29, 0.717) is 31.5 Å². The molecule has 1 fully saturated rings. The van der Waals surface area contributed by atoms with E-state index in [1.807, 2.05) is 0 Å². The molecule has 0 aliphatic carbocycles. The zero-order valence-corrected chi connectivity index (χ0v) is 16.5. The van der Waals surface area contributed by atoms with Crippen LogP contribution in [0.3, 0.4) is 0 Å². The number of benzene rings is 1. The summed E-state index contributed by atoms with van der Waals surface area (Å²) >= 11 is 0. The Morgan fingerprint density at radius 3 is 2.43 bits per heavy atom. The molecule has 1 aromatic heterocycles. The number of carbonyl (C=O) groups excluding carboxylic acids is 3. The van der Waals surface area contributed by atoms with Gasteiger partial charge in [-0.05, 0) is 44.0 Å². The lowest BCUT2D eigenvalue weighted by molar-refractivity contribution is -0.135. The monoisotopic (exact) mass is 414 g/mol. The van der Waals surface area contributed by atoms with E-state index in [9.17, 15) is 18.8 Å². The minimum absolute atomic E-state index is 0.0438. The van der Waals surface area contributed by atoms with Crippen LogP contribution in [-0.2, 0) is 9.59 Å². The summed E-state index contributed by atoms with van der Waals surface area (Å²) in [5, 5.41) is 0. The Bertz CT molecular complexity index is 901. The number of likely N-dealkylation sites (tertiary alicyclic amines) is 1. The fraction of sp³-hybridized carbons (Fsp3) is 0.333. The van der Waals surface area contributed by atoms with Crippen LogP contribution in [0.4, 0.5) is 4.39 Å². The number of nitrogens with one attached hydrogen (secondary N) is 2. The first-order chi connectivity index (χ1) is 14.5. The Balaban J connectivity index is 1.43. The second kappa shape index (κ2) is 9.82. The summed E-state index contributed by atoms with van der Waals surface area (Å²) < 4.78 is 18.9. The normalized spacial score (nSPS) is 15.2. The number of piperidine rings is 1. The topological polar surface area (TPSA) is 101 Å². The highest BCUT2D eigenvalue weighted by atomic mass is 19.1. The number of amides is 3. The van der Waals surface area contributed by atoms with Gasteiger partial charge in [0.15, 0.2) is 17.7 Å². The van der Waals surface area contributed by atoms with Gasteiger partial charge in [0.05, 0.1) is 0 Å². The van der Waals surface area contributed by atoms with E-state index >= 15 is 0 Å². The summed E-state index contributed by atoms with van der Waals surface area (Å²) in [7, 11) is 0. The molecule has 0 saturated carbocycles. The van der Waals surface area contributed by atoms with Gasteiger partial charge in [-0.15, -0.1) is 0 Å². The number of pyridine rings is 1. The number of ether oxygens (including phenoxy) is 1. The largest absolute Gasteiger partial charge is 0.478 e. The molecule has 1 aliphatic rings. The van der Waals surface area contributed by atoms with Crippen molar-refractivity contribution >= 4 is 17.7 Å². The number of hydrazine groups is 1. The number of para-hydroxylation sites is 1. The van der Waals surface area contributed by atoms with Crippen LogP contribution in [0.5, 0.6) is 5.75 Å². The smallest absolute Gasteiger partial charge is 0.279 e. The Kier molecular flexibility index (Phi) is 6.95.